The van der Waals surface area contributed by atoms with Gasteiger partial charge in [0, 0.05) is 0 Å². The number of primary amides is 1. The zero-order chi connectivity index (χ0) is 16.0. The maximum atomic E-state index is 11.1. The predicted octanol–water partition coefficient (Wildman–Crippen LogP) is 0.382. The summed E-state index contributed by atoms with van der Waals surface area (Å²) in [7, 11) is 1.41. The standard InChI is InChI=1S/C12H18N4O5/c1-7(15-14)8-5-10(20-2)11(6-9(8)16(18)19)21-4-3-12(13)17/h5-7,15H,3-4,14H2,1-2H3,(H2,13,17). The van der Waals surface area contributed by atoms with E-state index in [9.17, 15) is 14.9 Å². The second-order valence-corrected chi connectivity index (χ2v) is 4.27. The zero-order valence-electron chi connectivity index (χ0n) is 11.8. The van der Waals surface area contributed by atoms with Crippen molar-refractivity contribution in [3.63, 3.8) is 0 Å². The van der Waals surface area contributed by atoms with Crippen LogP contribution in [0.3, 0.4) is 0 Å². The van der Waals surface area contributed by atoms with E-state index in [1.807, 2.05) is 0 Å². The van der Waals surface area contributed by atoms with Crippen LogP contribution in [0.25, 0.3) is 0 Å². The highest BCUT2D eigenvalue weighted by molar-refractivity contribution is 5.73. The lowest BCUT2D eigenvalue weighted by Gasteiger charge is -2.15. The minimum Gasteiger partial charge on any atom is -0.493 e. The van der Waals surface area contributed by atoms with Crippen LogP contribution in [-0.2, 0) is 4.79 Å². The zero-order valence-corrected chi connectivity index (χ0v) is 11.8. The summed E-state index contributed by atoms with van der Waals surface area (Å²) in [4.78, 5) is 21.3. The first-order valence-corrected chi connectivity index (χ1v) is 6.14. The van der Waals surface area contributed by atoms with Crippen LogP contribution in [0.2, 0.25) is 0 Å². The van der Waals surface area contributed by atoms with E-state index in [1.54, 1.807) is 6.92 Å². The Hall–Kier alpha value is -2.39. The van der Waals surface area contributed by atoms with E-state index in [1.165, 1.54) is 19.2 Å². The van der Waals surface area contributed by atoms with Crippen LogP contribution in [0.1, 0.15) is 24.9 Å². The Kier molecular flexibility index (Phi) is 5.88. The third-order valence-electron chi connectivity index (χ3n) is 2.83. The first-order chi connectivity index (χ1) is 9.90. The van der Waals surface area contributed by atoms with Crippen LogP contribution in [0.4, 0.5) is 5.69 Å². The Balaban J connectivity index is 3.16. The number of nitro benzene ring substituents is 1. The Labute approximate surface area is 121 Å². The summed E-state index contributed by atoms with van der Waals surface area (Å²) in [6.45, 7) is 1.68. The summed E-state index contributed by atoms with van der Waals surface area (Å²) in [5.74, 6) is 5.27. The molecule has 0 bridgehead atoms. The van der Waals surface area contributed by atoms with E-state index < -0.39 is 16.9 Å². The van der Waals surface area contributed by atoms with Crippen LogP contribution < -0.4 is 26.5 Å². The molecule has 9 nitrogen and oxygen atoms in total. The molecule has 1 unspecified atom stereocenters. The Morgan fingerprint density at radius 3 is 2.62 bits per heavy atom. The summed E-state index contributed by atoms with van der Waals surface area (Å²) in [6, 6.07) is 2.27. The molecule has 0 fully saturated rings. The number of hydrogen-bond acceptors (Lipinski definition) is 7. The molecule has 1 atom stereocenters. The van der Waals surface area contributed by atoms with Gasteiger partial charge < -0.3 is 15.2 Å². The molecule has 1 aromatic carbocycles. The van der Waals surface area contributed by atoms with E-state index >= 15 is 0 Å². The van der Waals surface area contributed by atoms with Crippen molar-refractivity contribution in [2.24, 2.45) is 11.6 Å². The fourth-order valence-electron chi connectivity index (χ4n) is 1.69. The van der Waals surface area contributed by atoms with Gasteiger partial charge in [-0.25, -0.2) is 0 Å². The van der Waals surface area contributed by atoms with Crippen molar-refractivity contribution in [3.8, 4) is 11.5 Å². The van der Waals surface area contributed by atoms with Crippen molar-refractivity contribution in [2.45, 2.75) is 19.4 Å². The molecule has 0 saturated heterocycles. The number of ether oxygens (including phenoxy) is 2. The molecule has 116 valence electrons. The van der Waals surface area contributed by atoms with Gasteiger partial charge in [0.2, 0.25) is 5.91 Å². The van der Waals surface area contributed by atoms with E-state index in [-0.39, 0.29) is 24.5 Å². The van der Waals surface area contributed by atoms with Gasteiger partial charge in [0.1, 0.15) is 0 Å². The molecule has 9 heteroatoms. The van der Waals surface area contributed by atoms with E-state index in [0.29, 0.717) is 11.3 Å². The second kappa shape index (κ2) is 7.41. The number of amides is 1. The number of methoxy groups -OCH3 is 1. The first-order valence-electron chi connectivity index (χ1n) is 6.14. The molecule has 0 heterocycles. The maximum absolute atomic E-state index is 11.1. The molecule has 0 radical (unpaired) electrons. The van der Waals surface area contributed by atoms with Crippen molar-refractivity contribution < 1.29 is 19.2 Å². The summed E-state index contributed by atoms with van der Waals surface area (Å²) in [5, 5.41) is 11.1. The minimum absolute atomic E-state index is 0.000534. The van der Waals surface area contributed by atoms with Gasteiger partial charge in [0.05, 0.1) is 42.7 Å². The molecular formula is C12H18N4O5. The maximum Gasteiger partial charge on any atom is 0.278 e. The Morgan fingerprint density at radius 1 is 1.48 bits per heavy atom. The molecule has 5 N–H and O–H groups in total. The highest BCUT2D eigenvalue weighted by atomic mass is 16.6. The van der Waals surface area contributed by atoms with Gasteiger partial charge in [-0.3, -0.25) is 26.2 Å². The quantitative estimate of drug-likeness (QED) is 0.357. The summed E-state index contributed by atoms with van der Waals surface area (Å²) < 4.78 is 10.5. The highest BCUT2D eigenvalue weighted by Gasteiger charge is 2.23. The molecule has 1 amide bonds. The van der Waals surface area contributed by atoms with Crippen molar-refractivity contribution in [2.75, 3.05) is 13.7 Å². The number of hydrazine groups is 1. The average molecular weight is 298 g/mol. The van der Waals surface area contributed by atoms with Crippen LogP contribution in [0.5, 0.6) is 11.5 Å². The Bertz CT molecular complexity index is 535. The molecular weight excluding hydrogens is 280 g/mol. The summed E-state index contributed by atoms with van der Waals surface area (Å²) >= 11 is 0. The van der Waals surface area contributed by atoms with Crippen LogP contribution in [0.15, 0.2) is 12.1 Å². The largest absolute Gasteiger partial charge is 0.493 e. The number of hydrogen-bond donors (Lipinski definition) is 3. The van der Waals surface area contributed by atoms with Crippen LogP contribution in [-0.4, -0.2) is 24.5 Å². The highest BCUT2D eigenvalue weighted by Crippen LogP contribution is 2.37. The van der Waals surface area contributed by atoms with Gasteiger partial charge in [0.25, 0.3) is 5.69 Å². The van der Waals surface area contributed by atoms with E-state index in [0.717, 1.165) is 0 Å². The van der Waals surface area contributed by atoms with Crippen LogP contribution >= 0.6 is 0 Å². The summed E-state index contributed by atoms with van der Waals surface area (Å²) in [6.07, 6.45) is -0.000534. The fourth-order valence-corrected chi connectivity index (χ4v) is 1.69. The molecule has 21 heavy (non-hydrogen) atoms. The second-order valence-electron chi connectivity index (χ2n) is 4.27. The number of rotatable bonds is 8. The van der Waals surface area contributed by atoms with Gasteiger partial charge in [-0.15, -0.1) is 0 Å². The monoisotopic (exact) mass is 298 g/mol. The number of nitro groups is 1. The topological polar surface area (TPSA) is 143 Å². The number of nitrogens with zero attached hydrogens (tertiary/aromatic N) is 1. The van der Waals surface area contributed by atoms with E-state index in [2.05, 4.69) is 5.43 Å². The average Bonchev–Trinajstić information content (AvgIpc) is 2.45. The molecule has 0 saturated carbocycles. The fraction of sp³-hybridized carbons (Fsp3) is 0.417. The van der Waals surface area contributed by atoms with Crippen LogP contribution in [0, 0.1) is 10.1 Å². The van der Waals surface area contributed by atoms with E-state index in [4.69, 9.17) is 21.1 Å². The molecule has 0 spiro atoms. The Morgan fingerprint density at radius 2 is 2.14 bits per heavy atom. The number of carbonyl (C=O) groups excluding carboxylic acids is 1. The molecule has 0 aromatic heterocycles. The van der Waals surface area contributed by atoms with Crippen molar-refractivity contribution in [1.29, 1.82) is 0 Å². The first kappa shape index (κ1) is 16.7. The van der Waals surface area contributed by atoms with Gasteiger partial charge >= 0.3 is 0 Å². The smallest absolute Gasteiger partial charge is 0.278 e. The van der Waals surface area contributed by atoms with Gasteiger partial charge in [-0.1, -0.05) is 0 Å². The molecule has 0 aliphatic carbocycles. The summed E-state index contributed by atoms with van der Waals surface area (Å²) in [5.41, 5.74) is 7.66. The SMILES string of the molecule is COc1cc(C(C)NN)c([N+](=O)[O-])cc1OCCC(N)=O. The van der Waals surface area contributed by atoms with Crippen molar-refractivity contribution >= 4 is 11.6 Å². The van der Waals surface area contributed by atoms with Gasteiger partial charge in [-0.05, 0) is 13.0 Å². The predicted molar refractivity (Wildman–Crippen MR) is 74.7 cm³/mol. The third-order valence-corrected chi connectivity index (χ3v) is 2.83. The lowest BCUT2D eigenvalue weighted by Crippen LogP contribution is -2.26. The number of benzene rings is 1. The molecule has 1 aromatic rings. The number of carbonyl (C=O) groups is 1. The normalized spacial score (nSPS) is 11.8. The van der Waals surface area contributed by atoms with Gasteiger partial charge in [0.15, 0.2) is 11.5 Å². The molecule has 1 rings (SSSR count). The van der Waals surface area contributed by atoms with Crippen molar-refractivity contribution in [3.05, 3.63) is 27.8 Å². The number of nitrogens with two attached hydrogens (primary N) is 2. The van der Waals surface area contributed by atoms with Crippen molar-refractivity contribution in [1.82, 2.24) is 5.43 Å². The lowest BCUT2D eigenvalue weighted by molar-refractivity contribution is -0.385. The lowest BCUT2D eigenvalue weighted by atomic mass is 10.1. The number of nitrogens with one attached hydrogen (secondary N) is 1. The molecule has 0 aliphatic rings. The van der Waals surface area contributed by atoms with Gasteiger partial charge in [-0.2, -0.15) is 0 Å². The minimum atomic E-state index is -0.538. The molecule has 0 aliphatic heterocycles. The third kappa shape index (κ3) is 4.29.